The molecule has 0 saturated heterocycles. The van der Waals surface area contributed by atoms with Gasteiger partial charge in [-0.3, -0.25) is 9.59 Å². The van der Waals surface area contributed by atoms with Gasteiger partial charge in [-0.25, -0.2) is 0 Å². The summed E-state index contributed by atoms with van der Waals surface area (Å²) in [7, 11) is 5.71. The zero-order valence-corrected chi connectivity index (χ0v) is 17.3. The van der Waals surface area contributed by atoms with Crippen LogP contribution in [-0.2, 0) is 4.79 Å². The number of fused-ring (bicyclic) bond motifs is 1. The number of hydrogen-bond donors (Lipinski definition) is 2. The van der Waals surface area contributed by atoms with Crippen LogP contribution in [0.3, 0.4) is 0 Å². The fraction of sp³-hybridized carbons (Fsp3) is 0.182. The number of ketones is 1. The van der Waals surface area contributed by atoms with Gasteiger partial charge in [0, 0.05) is 17.0 Å². The molecule has 9 heteroatoms. The summed E-state index contributed by atoms with van der Waals surface area (Å²) in [4.78, 5) is 24.8. The highest BCUT2D eigenvalue weighted by Gasteiger charge is 2.26. The van der Waals surface area contributed by atoms with Gasteiger partial charge >= 0.3 is 0 Å². The highest BCUT2D eigenvalue weighted by molar-refractivity contribution is 6.19. The molecule has 1 amide bonds. The monoisotopic (exact) mass is 427 g/mol. The lowest BCUT2D eigenvalue weighted by Crippen LogP contribution is -2.06. The van der Waals surface area contributed by atoms with Gasteiger partial charge in [0.1, 0.15) is 5.76 Å². The second kappa shape index (κ2) is 8.70. The van der Waals surface area contributed by atoms with E-state index >= 15 is 0 Å². The molecule has 0 aliphatic rings. The zero-order chi connectivity index (χ0) is 22.7. The molecule has 3 N–H and O–H groups in total. The van der Waals surface area contributed by atoms with Crippen LogP contribution in [0.2, 0.25) is 0 Å². The normalized spacial score (nSPS) is 11.0. The van der Waals surface area contributed by atoms with Gasteiger partial charge in [0.2, 0.25) is 17.4 Å². The average Bonchev–Trinajstić information content (AvgIpc) is 3.15. The number of primary amides is 1. The van der Waals surface area contributed by atoms with E-state index in [9.17, 15) is 14.7 Å². The maximum absolute atomic E-state index is 13.5. The summed E-state index contributed by atoms with van der Waals surface area (Å²) in [5.41, 5.74) is 5.53. The molecule has 0 bridgehead atoms. The van der Waals surface area contributed by atoms with Gasteiger partial charge in [0.05, 0.1) is 34.0 Å². The Morgan fingerprint density at radius 1 is 0.968 bits per heavy atom. The van der Waals surface area contributed by atoms with Crippen molar-refractivity contribution < 1.29 is 38.1 Å². The van der Waals surface area contributed by atoms with Gasteiger partial charge in [-0.1, -0.05) is 0 Å². The molecule has 3 aromatic rings. The zero-order valence-electron chi connectivity index (χ0n) is 17.3. The summed E-state index contributed by atoms with van der Waals surface area (Å²) in [5, 5.41) is 10.8. The Labute approximate surface area is 177 Å². The maximum atomic E-state index is 13.5. The van der Waals surface area contributed by atoms with Crippen LogP contribution in [0.25, 0.3) is 17.0 Å². The minimum Gasteiger partial charge on any atom is -0.502 e. The van der Waals surface area contributed by atoms with E-state index in [1.165, 1.54) is 52.7 Å². The van der Waals surface area contributed by atoms with Crippen LogP contribution in [-0.4, -0.2) is 45.2 Å². The molecule has 162 valence electrons. The number of carbonyl (C=O) groups excluding carboxylic acids is 2. The Bertz CT molecular complexity index is 1170. The highest BCUT2D eigenvalue weighted by Crippen LogP contribution is 2.42. The van der Waals surface area contributed by atoms with Crippen molar-refractivity contribution in [2.45, 2.75) is 0 Å². The number of amides is 1. The lowest BCUT2D eigenvalue weighted by molar-refractivity contribution is -0.113. The number of aromatic hydroxyl groups is 1. The second-order valence-corrected chi connectivity index (χ2v) is 6.31. The van der Waals surface area contributed by atoms with Gasteiger partial charge in [-0.05, 0) is 30.3 Å². The minimum atomic E-state index is -0.728. The number of phenolic OH excluding ortho intramolecular Hbond substituents is 1. The van der Waals surface area contributed by atoms with Gasteiger partial charge in [0.25, 0.3) is 0 Å². The molecule has 0 aliphatic heterocycles. The Morgan fingerprint density at radius 3 is 2.10 bits per heavy atom. The number of furan rings is 1. The van der Waals surface area contributed by atoms with Crippen molar-refractivity contribution in [3.8, 4) is 28.7 Å². The highest BCUT2D eigenvalue weighted by atomic mass is 16.5. The van der Waals surface area contributed by atoms with Crippen LogP contribution in [0.5, 0.6) is 28.7 Å². The van der Waals surface area contributed by atoms with Crippen molar-refractivity contribution >= 4 is 28.7 Å². The molecule has 1 aromatic heterocycles. The quantitative estimate of drug-likeness (QED) is 0.414. The molecular formula is C22H21NO8. The van der Waals surface area contributed by atoms with Gasteiger partial charge in [-0.15, -0.1) is 0 Å². The van der Waals surface area contributed by atoms with Crippen LogP contribution >= 0.6 is 0 Å². The molecule has 9 nitrogen and oxygen atoms in total. The summed E-state index contributed by atoms with van der Waals surface area (Å²) < 4.78 is 26.7. The molecule has 0 saturated carbocycles. The number of rotatable bonds is 8. The van der Waals surface area contributed by atoms with Crippen molar-refractivity contribution in [1.82, 2.24) is 0 Å². The maximum Gasteiger partial charge on any atom is 0.241 e. The topological polar surface area (TPSA) is 130 Å². The number of methoxy groups -OCH3 is 4. The fourth-order valence-electron chi connectivity index (χ4n) is 3.18. The molecule has 2 aromatic carbocycles. The molecule has 3 rings (SSSR count). The third-order valence-corrected chi connectivity index (χ3v) is 4.60. The van der Waals surface area contributed by atoms with E-state index in [1.54, 1.807) is 6.07 Å². The summed E-state index contributed by atoms with van der Waals surface area (Å²) >= 11 is 0. The van der Waals surface area contributed by atoms with Crippen LogP contribution in [0.1, 0.15) is 21.7 Å². The third-order valence-electron chi connectivity index (χ3n) is 4.60. The molecule has 0 atom stereocenters. The van der Waals surface area contributed by atoms with Crippen molar-refractivity contribution in [3.63, 3.8) is 0 Å². The lowest BCUT2D eigenvalue weighted by Gasteiger charge is -2.13. The van der Waals surface area contributed by atoms with Crippen molar-refractivity contribution in [2.75, 3.05) is 28.4 Å². The first kappa shape index (κ1) is 21.6. The standard InChI is InChI=1S/C22H21NO8/c1-27-14-6-5-12-18(13(7-8-17(23)24)31-21(12)20(14)26)19(25)11-9-15(28-2)22(30-4)16(10-11)29-3/h5-10,26H,1-4H3,(H2,23,24)/b8-7+. The Balaban J connectivity index is 2.28. The third kappa shape index (κ3) is 3.85. The first-order valence-corrected chi connectivity index (χ1v) is 9.00. The number of nitrogens with two attached hydrogens (primary N) is 1. The number of hydrogen-bond acceptors (Lipinski definition) is 8. The fourth-order valence-corrected chi connectivity index (χ4v) is 3.18. The van der Waals surface area contributed by atoms with E-state index in [2.05, 4.69) is 0 Å². The van der Waals surface area contributed by atoms with Gasteiger partial charge in [-0.2, -0.15) is 0 Å². The van der Waals surface area contributed by atoms with E-state index in [1.807, 2.05) is 0 Å². The van der Waals surface area contributed by atoms with Gasteiger partial charge < -0.3 is 34.2 Å². The molecule has 0 fully saturated rings. The van der Waals surface area contributed by atoms with Crippen LogP contribution in [0, 0.1) is 0 Å². The Kier molecular flexibility index (Phi) is 6.05. The number of phenols is 1. The molecule has 0 aliphatic carbocycles. The Morgan fingerprint density at radius 2 is 1.58 bits per heavy atom. The van der Waals surface area contributed by atoms with Crippen LogP contribution < -0.4 is 24.7 Å². The predicted molar refractivity (Wildman–Crippen MR) is 112 cm³/mol. The smallest absolute Gasteiger partial charge is 0.241 e. The predicted octanol–water partition coefficient (Wildman–Crippen LogP) is 2.90. The molecule has 0 radical (unpaired) electrons. The summed E-state index contributed by atoms with van der Waals surface area (Å²) in [6.45, 7) is 0. The molecule has 0 spiro atoms. The van der Waals surface area contributed by atoms with Crippen LogP contribution in [0.15, 0.2) is 34.8 Å². The second-order valence-electron chi connectivity index (χ2n) is 6.31. The molecular weight excluding hydrogens is 406 g/mol. The largest absolute Gasteiger partial charge is 0.502 e. The first-order valence-electron chi connectivity index (χ1n) is 9.00. The molecule has 0 unspecified atom stereocenters. The van der Waals surface area contributed by atoms with Crippen molar-refractivity contribution in [3.05, 3.63) is 47.2 Å². The van der Waals surface area contributed by atoms with Gasteiger partial charge in [0.15, 0.2) is 28.6 Å². The number of benzene rings is 2. The van der Waals surface area contributed by atoms with Crippen molar-refractivity contribution in [1.29, 1.82) is 0 Å². The van der Waals surface area contributed by atoms with Crippen LogP contribution in [0.4, 0.5) is 0 Å². The molecule has 1 heterocycles. The summed E-state index contributed by atoms with van der Waals surface area (Å²) in [5.74, 6) is -0.365. The van der Waals surface area contributed by atoms with Crippen molar-refractivity contribution in [2.24, 2.45) is 5.73 Å². The number of ether oxygens (including phenoxy) is 4. The Hall–Kier alpha value is -4.14. The number of carbonyl (C=O) groups is 2. The SMILES string of the molecule is COc1cc(C(=O)c2c(/C=C/C(N)=O)oc3c(O)c(OC)ccc23)cc(OC)c1OC. The minimum absolute atomic E-state index is 0.0271. The summed E-state index contributed by atoms with van der Waals surface area (Å²) in [6.07, 6.45) is 2.32. The summed E-state index contributed by atoms with van der Waals surface area (Å²) in [6, 6.07) is 6.06. The van der Waals surface area contributed by atoms with E-state index in [0.29, 0.717) is 11.1 Å². The van der Waals surface area contributed by atoms with E-state index in [4.69, 9.17) is 29.1 Å². The first-order chi connectivity index (χ1) is 14.9. The molecule has 31 heavy (non-hydrogen) atoms. The lowest BCUT2D eigenvalue weighted by atomic mass is 9.98. The van der Waals surface area contributed by atoms with E-state index in [0.717, 1.165) is 6.08 Å². The van der Waals surface area contributed by atoms with E-state index in [-0.39, 0.29) is 45.5 Å². The van der Waals surface area contributed by atoms with E-state index < -0.39 is 11.7 Å². The average molecular weight is 427 g/mol.